The fourth-order valence-electron chi connectivity index (χ4n) is 7.75. The van der Waals surface area contributed by atoms with Crippen molar-refractivity contribution in [2.75, 3.05) is 0 Å². The maximum absolute atomic E-state index is 16.0. The number of aromatic nitrogens is 4. The summed E-state index contributed by atoms with van der Waals surface area (Å²) in [5.74, 6) is -39.1. The lowest BCUT2D eigenvalue weighted by molar-refractivity contribution is -0.122. The van der Waals surface area contributed by atoms with E-state index in [0.717, 1.165) is 54.6 Å². The van der Waals surface area contributed by atoms with Crippen molar-refractivity contribution in [3.05, 3.63) is 146 Å². The zero-order chi connectivity index (χ0) is 52.2. The van der Waals surface area contributed by atoms with Gasteiger partial charge in [-0.15, -0.1) is 0 Å². The number of carbonyl (C=O) groups excluding carboxylic acids is 2. The maximum atomic E-state index is 16.0. The molecule has 0 spiro atoms. The summed E-state index contributed by atoms with van der Waals surface area (Å²) in [6.45, 7) is 8.77. The van der Waals surface area contributed by atoms with Gasteiger partial charge >= 0.3 is 0 Å². The molecular weight excluding hydrogens is 974 g/mol. The van der Waals surface area contributed by atoms with Gasteiger partial charge in [0.1, 0.15) is 0 Å². The zero-order valence-corrected chi connectivity index (χ0v) is 37.1. The molecule has 71 heavy (non-hydrogen) atoms. The van der Waals surface area contributed by atoms with Crippen LogP contribution in [0, 0.1) is 98.1 Å². The van der Waals surface area contributed by atoms with Crippen molar-refractivity contribution < 1.29 is 75.4 Å². The number of benzene rings is 3. The smallest absolute Gasteiger partial charge is 0.200 e. The van der Waals surface area contributed by atoms with E-state index >= 15 is 52.7 Å². The first-order chi connectivity index (χ1) is 33.1. The Labute approximate surface area is 389 Å². The molecule has 0 fully saturated rings. The summed E-state index contributed by atoms with van der Waals surface area (Å²) in [7, 11) is 0. The molecule has 0 saturated carbocycles. The van der Waals surface area contributed by atoms with Crippen LogP contribution in [0.3, 0.4) is 0 Å². The second-order valence-electron chi connectivity index (χ2n) is 18.1. The molecule has 8 bridgehead atoms. The topological polar surface area (TPSA) is 91.5 Å². The number of rotatable bonds is 6. The summed E-state index contributed by atoms with van der Waals surface area (Å²) >= 11 is 0. The van der Waals surface area contributed by atoms with Gasteiger partial charge in [0.15, 0.2) is 81.4 Å². The Morgan fingerprint density at radius 1 is 0.380 bits per heavy atom. The third-order valence-corrected chi connectivity index (χ3v) is 11.3. The monoisotopic (exact) mass is 1000 g/mol. The Morgan fingerprint density at radius 2 is 0.648 bits per heavy atom. The van der Waals surface area contributed by atoms with E-state index in [9.17, 15) is 22.8 Å². The summed E-state index contributed by atoms with van der Waals surface area (Å²) in [6.07, 6.45) is 4.40. The first-order valence-corrected chi connectivity index (χ1v) is 20.6. The predicted octanol–water partition coefficient (Wildman–Crippen LogP) is 14.4. The first-order valence-electron chi connectivity index (χ1n) is 20.6. The van der Waals surface area contributed by atoms with Gasteiger partial charge in [0, 0.05) is 60.7 Å². The van der Waals surface area contributed by atoms with Crippen LogP contribution in [0.4, 0.5) is 65.9 Å². The van der Waals surface area contributed by atoms with Crippen molar-refractivity contribution >= 4 is 63.5 Å². The van der Waals surface area contributed by atoms with Crippen LogP contribution < -0.4 is 0 Å². The van der Waals surface area contributed by atoms with Gasteiger partial charge in [0.25, 0.3) is 0 Å². The minimum Gasteiger partial charge on any atom is -0.354 e. The second-order valence-corrected chi connectivity index (χ2v) is 18.1. The molecule has 0 saturated heterocycles. The quantitative estimate of drug-likeness (QED) is 0.0751. The van der Waals surface area contributed by atoms with Gasteiger partial charge < -0.3 is 9.97 Å². The number of ketones is 2. The molecule has 0 radical (unpaired) electrons. The number of hydrogen-bond acceptors (Lipinski definition) is 4. The fraction of sp³-hybridized carbons (Fsp3) is 0.160. The average molecular weight is 1000 g/mol. The number of allylic oxidation sites excluding steroid dienone is 2. The van der Waals surface area contributed by atoms with Gasteiger partial charge in [-0.3, -0.25) is 9.59 Å². The molecular formula is C50H29F15N4O2. The van der Waals surface area contributed by atoms with E-state index in [4.69, 9.17) is 0 Å². The highest BCUT2D eigenvalue weighted by Crippen LogP contribution is 2.44. The number of Topliss-reactive ketones (excluding diaryl/α,β-unsaturated/α-hetero) is 1. The second kappa shape index (κ2) is 17.3. The highest BCUT2D eigenvalue weighted by Gasteiger charge is 2.36. The highest BCUT2D eigenvalue weighted by molar-refractivity contribution is 6.29. The van der Waals surface area contributed by atoms with E-state index < -0.39 is 193 Å². The van der Waals surface area contributed by atoms with Crippen molar-refractivity contribution in [2.24, 2.45) is 10.8 Å². The Morgan fingerprint density at radius 3 is 0.958 bits per heavy atom. The number of H-pyrrole nitrogens is 2. The Bertz CT molecular complexity index is 3510. The van der Waals surface area contributed by atoms with Crippen LogP contribution in [0.5, 0.6) is 0 Å². The number of nitrogens with zero attached hydrogens (tertiary/aromatic N) is 2. The van der Waals surface area contributed by atoms with Crippen molar-refractivity contribution in [3.8, 4) is 33.4 Å². The predicted molar refractivity (Wildman–Crippen MR) is 231 cm³/mol. The highest BCUT2D eigenvalue weighted by atomic mass is 19.2. The van der Waals surface area contributed by atoms with E-state index in [1.165, 1.54) is 41.5 Å². The molecule has 366 valence electrons. The van der Waals surface area contributed by atoms with Crippen LogP contribution in [-0.4, -0.2) is 31.5 Å². The lowest BCUT2D eigenvalue weighted by Gasteiger charge is -2.21. The number of aromatic amines is 2. The first kappa shape index (κ1) is 49.7. The number of carbonyl (C=O) groups is 2. The molecule has 0 amide bonds. The van der Waals surface area contributed by atoms with E-state index in [-0.39, 0.29) is 5.52 Å². The summed E-state index contributed by atoms with van der Waals surface area (Å²) in [5.41, 5.74) is -17.2. The Kier molecular flexibility index (Phi) is 12.1. The molecule has 8 rings (SSSR count). The molecule has 6 nitrogen and oxygen atoms in total. The summed E-state index contributed by atoms with van der Waals surface area (Å²) in [5, 5.41) is 0. The summed E-state index contributed by atoms with van der Waals surface area (Å²) in [4.78, 5) is 42.0. The summed E-state index contributed by atoms with van der Waals surface area (Å²) < 4.78 is 230. The lowest BCUT2D eigenvalue weighted by atomic mass is 9.80. The van der Waals surface area contributed by atoms with Crippen LogP contribution in [0.15, 0.2) is 30.3 Å². The standard InChI is InChI=1S/C50H29F15N4O2/c1-49(2,3)25(70)15-16(48(71)50(4,5)6)26-17-7-9-19(66-17)27(30-33(51)39(57)45(63)40(58)34(30)52)21-11-13-23(68-21)29(32-37(55)43(61)47(65)44(62)38(32)56)24-14-12-22(69-24)28(20-10-8-18(26)67-20)31-35(53)41(59)46(64)42(60)36(31)54/h7-15,66,69H,1-6H3/b16-15+,26-17?,26-18?,27-19?,27-21?,28-20?,28-22?,29-23?,29-24?. The van der Waals surface area contributed by atoms with Gasteiger partial charge in [0.2, 0.25) is 17.5 Å². The van der Waals surface area contributed by atoms with E-state index in [2.05, 4.69) is 19.9 Å². The molecule has 6 aromatic rings. The molecule has 2 aliphatic rings. The Hall–Kier alpha value is -7.71. The normalized spacial score (nSPS) is 12.9. The van der Waals surface area contributed by atoms with Gasteiger partial charge in [0.05, 0.1) is 39.5 Å². The van der Waals surface area contributed by atoms with E-state index in [1.54, 1.807) is 0 Å². The molecule has 5 heterocycles. The molecule has 0 atom stereocenters. The van der Waals surface area contributed by atoms with Gasteiger partial charge in [-0.2, -0.15) is 0 Å². The van der Waals surface area contributed by atoms with Crippen molar-refractivity contribution in [3.63, 3.8) is 0 Å². The number of nitrogens with one attached hydrogen (secondary N) is 2. The minimum atomic E-state index is -2.65. The van der Waals surface area contributed by atoms with Gasteiger partial charge in [-0.25, -0.2) is 75.8 Å². The minimum absolute atomic E-state index is 0.357. The molecule has 2 aliphatic heterocycles. The number of fused-ring (bicyclic) bond motifs is 8. The maximum Gasteiger partial charge on any atom is 0.200 e. The fourth-order valence-corrected chi connectivity index (χ4v) is 7.75. The van der Waals surface area contributed by atoms with Gasteiger partial charge in [-0.05, 0) is 54.6 Å². The lowest BCUT2D eigenvalue weighted by Crippen LogP contribution is -2.24. The van der Waals surface area contributed by atoms with Crippen LogP contribution >= 0.6 is 0 Å². The van der Waals surface area contributed by atoms with Crippen LogP contribution in [-0.2, 0) is 9.59 Å². The van der Waals surface area contributed by atoms with Crippen LogP contribution in [0.1, 0.15) is 69.9 Å². The van der Waals surface area contributed by atoms with Crippen LogP contribution in [0.25, 0.3) is 85.3 Å². The molecule has 2 N–H and O–H groups in total. The molecule has 3 aromatic carbocycles. The largest absolute Gasteiger partial charge is 0.354 e. The molecule has 3 aromatic heterocycles. The van der Waals surface area contributed by atoms with Crippen molar-refractivity contribution in [1.82, 2.24) is 19.9 Å². The van der Waals surface area contributed by atoms with Crippen molar-refractivity contribution in [2.45, 2.75) is 41.5 Å². The number of hydrogen-bond donors (Lipinski definition) is 2. The van der Waals surface area contributed by atoms with E-state index in [0.29, 0.717) is 0 Å². The third kappa shape index (κ3) is 7.99. The zero-order valence-electron chi connectivity index (χ0n) is 37.1. The Balaban J connectivity index is 1.71. The average Bonchev–Trinajstić information content (AvgIpc) is 4.17. The number of halogens is 15. The van der Waals surface area contributed by atoms with E-state index in [1.807, 2.05) is 0 Å². The third-order valence-electron chi connectivity index (χ3n) is 11.3. The summed E-state index contributed by atoms with van der Waals surface area (Å²) in [6, 6.07) is 3.60. The van der Waals surface area contributed by atoms with Gasteiger partial charge in [-0.1, -0.05) is 41.5 Å². The SMILES string of the molecule is CC(C)(C)C(=O)/C=C(/C(=O)C(C)(C)C)c1c2nc(c(-c3c(F)c(F)c(F)c(F)c3F)c3ccc([nH]3)c(-c3c(F)c(F)c(F)c(F)c3F)c3nc(c(-c4c(F)c(F)c(F)c(F)c4F)c4ccc1[nH]4)C=C3)C=C2. The molecule has 21 heteroatoms. The molecule has 0 aliphatic carbocycles. The molecule has 0 unspecified atom stereocenters. The van der Waals surface area contributed by atoms with Crippen molar-refractivity contribution in [1.29, 1.82) is 0 Å². The van der Waals surface area contributed by atoms with Crippen LogP contribution in [0.2, 0.25) is 0 Å².